The van der Waals surface area contributed by atoms with Gasteiger partial charge in [0.1, 0.15) is 11.4 Å². The molecule has 0 aromatic heterocycles. The molecule has 1 aromatic carbocycles. The van der Waals surface area contributed by atoms with Crippen molar-refractivity contribution in [2.75, 3.05) is 13.2 Å². The van der Waals surface area contributed by atoms with E-state index in [0.717, 1.165) is 24.2 Å². The fraction of sp³-hybridized carbons (Fsp3) is 0.588. The summed E-state index contributed by atoms with van der Waals surface area (Å²) in [5.41, 5.74) is 0.476. The Morgan fingerprint density at radius 2 is 1.86 bits per heavy atom. The molecule has 0 unspecified atom stereocenters. The molecule has 1 rings (SSSR count). The van der Waals surface area contributed by atoms with Crippen molar-refractivity contribution in [3.63, 3.8) is 0 Å². The molecule has 5 heteroatoms. The molecule has 5 nitrogen and oxygen atoms in total. The van der Waals surface area contributed by atoms with E-state index in [-0.39, 0.29) is 12.6 Å². The van der Waals surface area contributed by atoms with Gasteiger partial charge in [0.25, 0.3) is 0 Å². The van der Waals surface area contributed by atoms with E-state index >= 15 is 0 Å². The van der Waals surface area contributed by atoms with Gasteiger partial charge in [-0.25, -0.2) is 4.79 Å². The summed E-state index contributed by atoms with van der Waals surface area (Å²) in [6, 6.07) is 7.45. The largest absolute Gasteiger partial charge is 0.494 e. The highest BCUT2D eigenvalue weighted by molar-refractivity contribution is 5.68. The molecule has 0 saturated heterocycles. The van der Waals surface area contributed by atoms with Crippen LogP contribution >= 0.6 is 0 Å². The number of nitrogens with one attached hydrogen (secondary N) is 1. The summed E-state index contributed by atoms with van der Waals surface area (Å²) in [5.74, 6) is 0.783. The van der Waals surface area contributed by atoms with Gasteiger partial charge in [-0.05, 0) is 58.2 Å². The van der Waals surface area contributed by atoms with E-state index in [4.69, 9.17) is 14.6 Å². The van der Waals surface area contributed by atoms with Gasteiger partial charge in [0.2, 0.25) is 0 Å². The Balaban J connectivity index is 2.46. The van der Waals surface area contributed by atoms with Crippen LogP contribution in [0.2, 0.25) is 0 Å². The number of unbranched alkanes of at least 4 members (excludes halogenated alkanes) is 1. The topological polar surface area (TPSA) is 67.8 Å². The van der Waals surface area contributed by atoms with Gasteiger partial charge in [0.15, 0.2) is 0 Å². The maximum atomic E-state index is 11.7. The van der Waals surface area contributed by atoms with Crippen molar-refractivity contribution < 1.29 is 19.4 Å². The number of aliphatic hydroxyl groups excluding tert-OH is 1. The van der Waals surface area contributed by atoms with Gasteiger partial charge in [0, 0.05) is 6.61 Å². The van der Waals surface area contributed by atoms with Gasteiger partial charge >= 0.3 is 6.09 Å². The number of ether oxygens (including phenoxy) is 2. The quantitative estimate of drug-likeness (QED) is 0.757. The minimum atomic E-state index is -0.504. The van der Waals surface area contributed by atoms with Crippen molar-refractivity contribution in [1.82, 2.24) is 5.32 Å². The highest BCUT2D eigenvalue weighted by Gasteiger charge is 2.18. The second kappa shape index (κ2) is 8.63. The summed E-state index contributed by atoms with van der Waals surface area (Å²) in [4.78, 5) is 11.7. The summed E-state index contributed by atoms with van der Waals surface area (Å²) in [5, 5.41) is 11.5. The molecule has 1 amide bonds. The fourth-order valence-corrected chi connectivity index (χ4v) is 1.82. The van der Waals surface area contributed by atoms with Crippen LogP contribution < -0.4 is 10.1 Å². The monoisotopic (exact) mass is 309 g/mol. The third-order valence-corrected chi connectivity index (χ3v) is 2.93. The lowest BCUT2D eigenvalue weighted by molar-refractivity contribution is 0.0508. The average Bonchev–Trinajstić information content (AvgIpc) is 2.42. The molecule has 0 radical (unpaired) electrons. The molecule has 2 N–H and O–H groups in total. The van der Waals surface area contributed by atoms with E-state index in [0.29, 0.717) is 6.61 Å². The van der Waals surface area contributed by atoms with Crippen LogP contribution in [0, 0.1) is 0 Å². The Morgan fingerprint density at radius 1 is 1.23 bits per heavy atom. The molecule has 0 fully saturated rings. The molecule has 0 aliphatic carbocycles. The van der Waals surface area contributed by atoms with Crippen LogP contribution in [0.15, 0.2) is 24.3 Å². The molecular formula is C17H27NO4. The summed E-state index contributed by atoms with van der Waals surface area (Å²) in [6.45, 7) is 8.18. The zero-order chi connectivity index (χ0) is 16.6. The predicted octanol–water partition coefficient (Wildman–Crippen LogP) is 3.42. The molecular weight excluding hydrogens is 282 g/mol. The fourth-order valence-electron chi connectivity index (χ4n) is 1.82. The Labute approximate surface area is 132 Å². The van der Waals surface area contributed by atoms with Crippen LogP contribution in [-0.2, 0) is 4.74 Å². The Kier molecular flexibility index (Phi) is 7.18. The highest BCUT2D eigenvalue weighted by atomic mass is 16.6. The smallest absolute Gasteiger partial charge is 0.408 e. The molecule has 1 atom stereocenters. The van der Waals surface area contributed by atoms with Crippen LogP contribution in [0.4, 0.5) is 4.79 Å². The average molecular weight is 309 g/mol. The first-order valence-corrected chi connectivity index (χ1v) is 7.65. The highest BCUT2D eigenvalue weighted by Crippen LogP contribution is 2.18. The van der Waals surface area contributed by atoms with Gasteiger partial charge in [-0.2, -0.15) is 0 Å². The Hall–Kier alpha value is -1.75. The normalized spacial score (nSPS) is 12.6. The number of alkyl carbamates (subject to hydrolysis) is 1. The first kappa shape index (κ1) is 18.3. The molecule has 22 heavy (non-hydrogen) atoms. The molecule has 0 spiro atoms. The molecule has 0 bridgehead atoms. The van der Waals surface area contributed by atoms with E-state index in [2.05, 4.69) is 5.32 Å². The van der Waals surface area contributed by atoms with Crippen molar-refractivity contribution in [2.45, 2.75) is 52.2 Å². The van der Waals surface area contributed by atoms with Gasteiger partial charge in [-0.15, -0.1) is 0 Å². The zero-order valence-electron chi connectivity index (χ0n) is 13.9. The minimum absolute atomic E-state index is 0.140. The third-order valence-electron chi connectivity index (χ3n) is 2.93. The predicted molar refractivity (Wildman–Crippen MR) is 86.0 cm³/mol. The lowest BCUT2D eigenvalue weighted by Crippen LogP contribution is -2.34. The van der Waals surface area contributed by atoms with Crippen LogP contribution in [-0.4, -0.2) is 30.0 Å². The number of carbonyl (C=O) groups is 1. The van der Waals surface area contributed by atoms with E-state index < -0.39 is 11.7 Å². The van der Waals surface area contributed by atoms with Crippen molar-refractivity contribution in [3.8, 4) is 5.75 Å². The Bertz CT molecular complexity index is 451. The standard InChI is InChI=1S/C17H27NO4/c1-13(18-16(20)22-17(2,3)4)14-7-9-15(10-8-14)21-12-6-5-11-19/h7-10,13,19H,5-6,11-12H2,1-4H3,(H,18,20)/t13-/m0/s1. The number of benzene rings is 1. The summed E-state index contributed by atoms with van der Waals surface area (Å²) in [6.07, 6.45) is 1.15. The lowest BCUT2D eigenvalue weighted by atomic mass is 10.1. The number of rotatable bonds is 7. The minimum Gasteiger partial charge on any atom is -0.494 e. The molecule has 1 aromatic rings. The molecule has 0 aliphatic rings. The summed E-state index contributed by atoms with van der Waals surface area (Å²) < 4.78 is 10.8. The first-order chi connectivity index (χ1) is 10.3. The van der Waals surface area contributed by atoms with Gasteiger partial charge in [0.05, 0.1) is 12.6 Å². The second-order valence-corrected chi connectivity index (χ2v) is 6.22. The van der Waals surface area contributed by atoms with Crippen molar-refractivity contribution >= 4 is 6.09 Å². The summed E-state index contributed by atoms with van der Waals surface area (Å²) >= 11 is 0. The molecule has 0 heterocycles. The number of hydrogen-bond donors (Lipinski definition) is 2. The van der Waals surface area contributed by atoms with E-state index in [1.54, 1.807) is 0 Å². The van der Waals surface area contributed by atoms with Crippen LogP contribution in [0.1, 0.15) is 52.1 Å². The number of aliphatic hydroxyl groups is 1. The SMILES string of the molecule is C[C@H](NC(=O)OC(C)(C)C)c1ccc(OCCCCO)cc1. The first-order valence-electron chi connectivity index (χ1n) is 7.65. The number of carbonyl (C=O) groups excluding carboxylic acids is 1. The van der Waals surface area contributed by atoms with Crippen molar-refractivity contribution in [1.29, 1.82) is 0 Å². The van der Waals surface area contributed by atoms with Gasteiger partial charge in [-0.3, -0.25) is 0 Å². The van der Waals surface area contributed by atoms with Crippen molar-refractivity contribution in [3.05, 3.63) is 29.8 Å². The number of amides is 1. The van der Waals surface area contributed by atoms with E-state index in [1.165, 1.54) is 0 Å². The van der Waals surface area contributed by atoms with E-state index in [9.17, 15) is 4.79 Å². The van der Waals surface area contributed by atoms with Crippen LogP contribution in [0.5, 0.6) is 5.75 Å². The Morgan fingerprint density at radius 3 is 2.41 bits per heavy atom. The van der Waals surface area contributed by atoms with Crippen LogP contribution in [0.3, 0.4) is 0 Å². The maximum Gasteiger partial charge on any atom is 0.408 e. The molecule has 0 saturated carbocycles. The zero-order valence-corrected chi connectivity index (χ0v) is 13.9. The molecule has 0 aliphatic heterocycles. The third kappa shape index (κ3) is 7.31. The van der Waals surface area contributed by atoms with E-state index in [1.807, 2.05) is 52.0 Å². The summed E-state index contributed by atoms with van der Waals surface area (Å²) in [7, 11) is 0. The van der Waals surface area contributed by atoms with Crippen LogP contribution in [0.25, 0.3) is 0 Å². The van der Waals surface area contributed by atoms with Crippen molar-refractivity contribution in [2.24, 2.45) is 0 Å². The maximum absolute atomic E-state index is 11.7. The van der Waals surface area contributed by atoms with Gasteiger partial charge < -0.3 is 19.9 Å². The molecule has 124 valence electrons. The van der Waals surface area contributed by atoms with Gasteiger partial charge in [-0.1, -0.05) is 12.1 Å². The second-order valence-electron chi connectivity index (χ2n) is 6.22. The number of hydrogen-bond acceptors (Lipinski definition) is 4. The lowest BCUT2D eigenvalue weighted by Gasteiger charge is -2.22.